The average Bonchev–Trinajstić information content (AvgIpc) is 2.41. The first-order valence-corrected chi connectivity index (χ1v) is 6.08. The van der Waals surface area contributed by atoms with Crippen LogP contribution in [0.5, 0.6) is 0 Å². The fourth-order valence-electron chi connectivity index (χ4n) is 1.46. The fraction of sp³-hybridized carbons (Fsp3) is 0.273. The van der Waals surface area contributed by atoms with E-state index < -0.39 is 23.9 Å². The molecule has 0 saturated heterocycles. The lowest BCUT2D eigenvalue weighted by Crippen LogP contribution is -2.43. The van der Waals surface area contributed by atoms with E-state index in [-0.39, 0.29) is 23.7 Å². The zero-order chi connectivity index (χ0) is 15.8. The van der Waals surface area contributed by atoms with E-state index in [1.807, 2.05) is 5.32 Å². The molecule has 10 heteroatoms. The van der Waals surface area contributed by atoms with Crippen LogP contribution in [0.3, 0.4) is 0 Å². The normalized spacial score (nSPS) is 11.1. The first-order valence-electron chi connectivity index (χ1n) is 5.70. The van der Waals surface area contributed by atoms with Gasteiger partial charge in [0.2, 0.25) is 5.91 Å². The fourth-order valence-corrected chi connectivity index (χ4v) is 1.63. The summed E-state index contributed by atoms with van der Waals surface area (Å²) in [4.78, 5) is 25.1. The number of halogens is 2. The zero-order valence-electron chi connectivity index (χ0n) is 10.6. The molecule has 0 bridgehead atoms. The molecule has 8 nitrogen and oxygen atoms in total. The zero-order valence-corrected chi connectivity index (χ0v) is 11.3. The summed E-state index contributed by atoms with van der Waals surface area (Å²) in [7, 11) is 0. The summed E-state index contributed by atoms with van der Waals surface area (Å²) < 4.78 is 13.1. The Bertz CT molecular complexity index is 591. The Kier molecular flexibility index (Phi) is 6.25. The highest BCUT2D eigenvalue weighted by atomic mass is 35.5. The molecule has 0 fully saturated rings. The van der Waals surface area contributed by atoms with Crippen molar-refractivity contribution in [1.29, 1.82) is 0 Å². The van der Waals surface area contributed by atoms with Crippen LogP contribution in [0, 0.1) is 5.82 Å². The highest BCUT2D eigenvalue weighted by Crippen LogP contribution is 2.22. The summed E-state index contributed by atoms with van der Waals surface area (Å²) in [6, 6.07) is 2.22. The van der Waals surface area contributed by atoms with E-state index in [4.69, 9.17) is 22.2 Å². The summed E-state index contributed by atoms with van der Waals surface area (Å²) in [6.07, 6.45) is -1.46. The van der Waals surface area contributed by atoms with E-state index in [2.05, 4.69) is 15.3 Å². The third-order valence-corrected chi connectivity index (χ3v) is 2.71. The van der Waals surface area contributed by atoms with E-state index in [9.17, 15) is 14.0 Å². The van der Waals surface area contributed by atoms with Crippen molar-refractivity contribution in [2.24, 2.45) is 5.11 Å². The van der Waals surface area contributed by atoms with Crippen molar-refractivity contribution in [3.63, 3.8) is 0 Å². The summed E-state index contributed by atoms with van der Waals surface area (Å²) in [5, 5.41) is 16.3. The SMILES string of the molecule is [N-]=[N+]=NCCC(NC(=O)O)C(=O)Nc1cc(F)ccc1Cl. The number of rotatable bonds is 6. The highest BCUT2D eigenvalue weighted by molar-refractivity contribution is 6.33. The minimum atomic E-state index is -1.42. The van der Waals surface area contributed by atoms with Crippen molar-refractivity contribution >= 4 is 29.3 Å². The molecule has 0 aliphatic rings. The lowest BCUT2D eigenvalue weighted by atomic mass is 10.2. The van der Waals surface area contributed by atoms with Crippen LogP contribution in [-0.2, 0) is 4.79 Å². The smallest absolute Gasteiger partial charge is 0.405 e. The van der Waals surface area contributed by atoms with Gasteiger partial charge < -0.3 is 15.7 Å². The topological polar surface area (TPSA) is 127 Å². The van der Waals surface area contributed by atoms with Gasteiger partial charge in [0.05, 0.1) is 10.7 Å². The monoisotopic (exact) mass is 315 g/mol. The molecule has 1 unspecified atom stereocenters. The Hall–Kier alpha value is -2.51. The minimum Gasteiger partial charge on any atom is -0.465 e. The molecule has 0 spiro atoms. The van der Waals surface area contributed by atoms with Crippen molar-refractivity contribution in [2.45, 2.75) is 12.5 Å². The first-order chi connectivity index (χ1) is 9.93. The molecule has 3 N–H and O–H groups in total. The van der Waals surface area contributed by atoms with Crippen molar-refractivity contribution in [1.82, 2.24) is 5.32 Å². The molecule has 21 heavy (non-hydrogen) atoms. The summed E-state index contributed by atoms with van der Waals surface area (Å²) in [5.74, 6) is -1.34. The number of carboxylic acid groups (broad SMARTS) is 1. The van der Waals surface area contributed by atoms with Crippen LogP contribution in [-0.4, -0.2) is 29.7 Å². The van der Waals surface area contributed by atoms with E-state index in [1.165, 1.54) is 6.07 Å². The van der Waals surface area contributed by atoms with Crippen molar-refractivity contribution in [3.05, 3.63) is 39.5 Å². The summed E-state index contributed by atoms with van der Waals surface area (Å²) >= 11 is 5.79. The molecule has 112 valence electrons. The molecule has 0 heterocycles. The van der Waals surface area contributed by atoms with Crippen LogP contribution in [0.15, 0.2) is 23.3 Å². The van der Waals surface area contributed by atoms with Gasteiger partial charge in [0.25, 0.3) is 0 Å². The molecule has 0 aliphatic heterocycles. The van der Waals surface area contributed by atoms with Crippen molar-refractivity contribution in [3.8, 4) is 0 Å². The van der Waals surface area contributed by atoms with Gasteiger partial charge in [-0.3, -0.25) is 4.79 Å². The Morgan fingerprint density at radius 1 is 1.52 bits per heavy atom. The first kappa shape index (κ1) is 16.5. The minimum absolute atomic E-state index is 0.0163. The van der Waals surface area contributed by atoms with Crippen LogP contribution in [0.25, 0.3) is 10.4 Å². The van der Waals surface area contributed by atoms with Crippen LogP contribution < -0.4 is 10.6 Å². The number of hydrogen-bond donors (Lipinski definition) is 3. The van der Waals surface area contributed by atoms with Crippen molar-refractivity contribution in [2.75, 3.05) is 11.9 Å². The van der Waals surface area contributed by atoms with Gasteiger partial charge in [0.15, 0.2) is 0 Å². The van der Waals surface area contributed by atoms with E-state index in [0.717, 1.165) is 12.1 Å². The Morgan fingerprint density at radius 3 is 2.86 bits per heavy atom. The number of anilines is 1. The third kappa shape index (κ3) is 5.55. The molecule has 1 atom stereocenters. The number of amides is 2. The standard InChI is InChI=1S/C11H11ClFN5O3/c12-7-2-1-6(13)5-9(7)16-10(19)8(17-11(20)21)3-4-15-18-14/h1-2,5,8,17H,3-4H2,(H,16,19)(H,20,21). The van der Waals surface area contributed by atoms with E-state index in [0.29, 0.717) is 0 Å². The number of hydrogen-bond acceptors (Lipinski definition) is 3. The lowest BCUT2D eigenvalue weighted by molar-refractivity contribution is -0.118. The predicted octanol–water partition coefficient (Wildman–Crippen LogP) is 2.75. The number of nitrogens with zero attached hydrogens (tertiary/aromatic N) is 3. The van der Waals surface area contributed by atoms with Gasteiger partial charge in [0, 0.05) is 11.5 Å². The number of carbonyl (C=O) groups is 2. The van der Waals surface area contributed by atoms with Gasteiger partial charge in [-0.2, -0.15) is 0 Å². The maximum absolute atomic E-state index is 13.1. The summed E-state index contributed by atoms with van der Waals surface area (Å²) in [5.41, 5.74) is 8.18. The number of azide groups is 1. The van der Waals surface area contributed by atoms with Crippen LogP contribution in [0.2, 0.25) is 5.02 Å². The molecule has 2 amide bonds. The van der Waals surface area contributed by atoms with E-state index in [1.54, 1.807) is 0 Å². The van der Waals surface area contributed by atoms with Gasteiger partial charge in [-0.25, -0.2) is 9.18 Å². The molecule has 0 saturated carbocycles. The molecule has 1 aromatic carbocycles. The predicted molar refractivity (Wildman–Crippen MR) is 73.6 cm³/mol. The van der Waals surface area contributed by atoms with Gasteiger partial charge in [-0.15, -0.1) is 0 Å². The molecular weight excluding hydrogens is 305 g/mol. The quantitative estimate of drug-likeness (QED) is 0.424. The lowest BCUT2D eigenvalue weighted by Gasteiger charge is -2.16. The molecule has 0 aliphatic carbocycles. The number of nitrogens with one attached hydrogen (secondary N) is 2. The average molecular weight is 316 g/mol. The second kappa shape index (κ2) is 7.93. The van der Waals surface area contributed by atoms with Gasteiger partial charge in [-0.1, -0.05) is 16.7 Å². The van der Waals surface area contributed by atoms with Crippen LogP contribution in [0.4, 0.5) is 14.9 Å². The third-order valence-electron chi connectivity index (χ3n) is 2.38. The van der Waals surface area contributed by atoms with Crippen LogP contribution in [0.1, 0.15) is 6.42 Å². The van der Waals surface area contributed by atoms with Crippen LogP contribution >= 0.6 is 11.6 Å². The molecule has 0 radical (unpaired) electrons. The Morgan fingerprint density at radius 2 is 2.24 bits per heavy atom. The van der Waals surface area contributed by atoms with Gasteiger partial charge >= 0.3 is 6.09 Å². The molecular formula is C11H11ClFN5O3. The van der Waals surface area contributed by atoms with Gasteiger partial charge in [-0.05, 0) is 30.2 Å². The Labute approximate surface area is 123 Å². The largest absolute Gasteiger partial charge is 0.465 e. The molecule has 0 aromatic heterocycles. The van der Waals surface area contributed by atoms with E-state index >= 15 is 0 Å². The number of benzene rings is 1. The second-order valence-corrected chi connectivity index (χ2v) is 4.27. The van der Waals surface area contributed by atoms with Crippen molar-refractivity contribution < 1.29 is 19.1 Å². The maximum atomic E-state index is 13.1. The highest BCUT2D eigenvalue weighted by Gasteiger charge is 2.21. The van der Waals surface area contributed by atoms with Gasteiger partial charge in [0.1, 0.15) is 11.9 Å². The Balaban J connectivity index is 2.81. The number of carbonyl (C=O) groups excluding carboxylic acids is 1. The molecule has 1 aromatic rings. The molecule has 1 rings (SSSR count). The summed E-state index contributed by atoms with van der Waals surface area (Å²) in [6.45, 7) is -0.0776. The maximum Gasteiger partial charge on any atom is 0.405 e. The second-order valence-electron chi connectivity index (χ2n) is 3.86.